The predicted octanol–water partition coefficient (Wildman–Crippen LogP) is -0.306. The van der Waals surface area contributed by atoms with E-state index in [0.29, 0.717) is 5.56 Å². The zero-order valence-corrected chi connectivity index (χ0v) is 12.7. The molecule has 0 aliphatic heterocycles. The molecule has 1 rings (SSSR count). The first-order valence-electron chi connectivity index (χ1n) is 4.96. The van der Waals surface area contributed by atoms with Crippen LogP contribution in [-0.2, 0) is 19.0 Å². The van der Waals surface area contributed by atoms with Crippen molar-refractivity contribution in [1.29, 1.82) is 0 Å². The second kappa shape index (κ2) is 5.01. The molecule has 9 nitrogen and oxygen atoms in total. The summed E-state index contributed by atoms with van der Waals surface area (Å²) in [5.74, 6) is 0. The highest BCUT2D eigenvalue weighted by Gasteiger charge is 2.67. The summed E-state index contributed by atoms with van der Waals surface area (Å²) in [6.45, 7) is 1.62. The van der Waals surface area contributed by atoms with Crippen LogP contribution in [0, 0.1) is 6.92 Å². The highest BCUT2D eigenvalue weighted by Crippen LogP contribution is 2.69. The molecule has 0 bridgehead atoms. The van der Waals surface area contributed by atoms with Gasteiger partial charge >= 0.3 is 19.5 Å². The van der Waals surface area contributed by atoms with Crippen LogP contribution in [0.25, 0.3) is 0 Å². The van der Waals surface area contributed by atoms with Gasteiger partial charge in [0.05, 0.1) is 4.90 Å². The maximum absolute atomic E-state index is 12.1. The first kappa shape index (κ1) is 17.5. The minimum Gasteiger partial charge on any atom is -0.322 e. The average Bonchev–Trinajstić information content (AvgIpc) is 2.25. The lowest BCUT2D eigenvalue weighted by Crippen LogP contribution is -2.47. The van der Waals surface area contributed by atoms with Gasteiger partial charge in [0.1, 0.15) is 0 Å². The van der Waals surface area contributed by atoms with E-state index in [2.05, 4.69) is 0 Å². The van der Waals surface area contributed by atoms with Crippen LogP contribution < -0.4 is 5.73 Å². The van der Waals surface area contributed by atoms with Crippen LogP contribution in [0.3, 0.4) is 0 Å². The lowest BCUT2D eigenvalue weighted by atomic mass is 10.2. The number of hydrogen-bond acceptors (Lipinski definition) is 5. The number of rotatable bonds is 4. The van der Waals surface area contributed by atoms with Crippen molar-refractivity contribution in [3.05, 3.63) is 29.8 Å². The van der Waals surface area contributed by atoms with Gasteiger partial charge in [-0.05, 0) is 19.1 Å². The summed E-state index contributed by atoms with van der Waals surface area (Å²) in [5.41, 5.74) is 5.62. The van der Waals surface area contributed by atoms with Crippen molar-refractivity contribution in [3.63, 3.8) is 0 Å². The van der Waals surface area contributed by atoms with E-state index in [1.54, 1.807) is 6.92 Å². The quantitative estimate of drug-likeness (QED) is 0.458. The molecular weight excluding hydrogens is 332 g/mol. The molecule has 12 heteroatoms. The third kappa shape index (κ3) is 2.61. The van der Waals surface area contributed by atoms with Gasteiger partial charge in [-0.3, -0.25) is 14.9 Å². The van der Waals surface area contributed by atoms with Gasteiger partial charge in [-0.25, -0.2) is 8.42 Å². The topological polar surface area (TPSA) is 175 Å². The summed E-state index contributed by atoms with van der Waals surface area (Å²) < 4.78 is 42.8. The standard InChI is InChI=1S/C8H13NO8P2S/c1-6-2-4-7(5-3-6)20(16,17)8(9,18(10,11)12)19(13,14)15/h2-5H,9H2,1H3,(H2,10,11,12)(H2,13,14,15). The fourth-order valence-electron chi connectivity index (χ4n) is 1.37. The molecule has 114 valence electrons. The molecule has 0 spiro atoms. The second-order valence-electron chi connectivity index (χ2n) is 4.06. The number of benzene rings is 1. The van der Waals surface area contributed by atoms with Crippen LogP contribution >= 0.6 is 15.2 Å². The summed E-state index contributed by atoms with van der Waals surface area (Å²) >= 11 is 0. The fourth-order valence-corrected chi connectivity index (χ4v) is 6.71. The van der Waals surface area contributed by atoms with Gasteiger partial charge in [-0.1, -0.05) is 17.7 Å². The Morgan fingerprint density at radius 3 is 1.65 bits per heavy atom. The molecule has 1 aromatic rings. The zero-order valence-electron chi connectivity index (χ0n) is 10.1. The fraction of sp³-hybridized carbons (Fsp3) is 0.250. The lowest BCUT2D eigenvalue weighted by molar-refractivity contribution is 0.329. The molecule has 0 saturated heterocycles. The van der Waals surface area contributed by atoms with Gasteiger partial charge in [0.25, 0.3) is 0 Å². The molecule has 0 saturated carbocycles. The van der Waals surface area contributed by atoms with Crippen LogP contribution in [-0.4, -0.2) is 32.3 Å². The monoisotopic (exact) mass is 345 g/mol. The highest BCUT2D eigenvalue weighted by atomic mass is 32.2. The smallest absolute Gasteiger partial charge is 0.322 e. The van der Waals surface area contributed by atoms with E-state index in [4.69, 9.17) is 25.3 Å². The van der Waals surface area contributed by atoms with Crippen molar-refractivity contribution in [1.82, 2.24) is 0 Å². The van der Waals surface area contributed by atoms with Gasteiger partial charge < -0.3 is 19.6 Å². The molecule has 0 aliphatic rings. The van der Waals surface area contributed by atoms with E-state index in [9.17, 15) is 17.5 Å². The lowest BCUT2D eigenvalue weighted by Gasteiger charge is -2.29. The number of hydrogen-bond donors (Lipinski definition) is 5. The molecule has 0 heterocycles. The minimum atomic E-state index is -5.88. The van der Waals surface area contributed by atoms with E-state index < -0.39 is 34.3 Å². The third-order valence-electron chi connectivity index (χ3n) is 2.56. The molecular formula is C8H13NO8P2S. The van der Waals surface area contributed by atoms with Crippen LogP contribution in [0.5, 0.6) is 0 Å². The van der Waals surface area contributed by atoms with Gasteiger partial charge in [0, 0.05) is 0 Å². The molecule has 0 aromatic heterocycles. The Labute approximate surface area is 114 Å². The zero-order chi connectivity index (χ0) is 16.0. The Balaban J connectivity index is 3.70. The van der Waals surface area contributed by atoms with E-state index in [0.717, 1.165) is 12.1 Å². The Morgan fingerprint density at radius 1 is 1.00 bits per heavy atom. The maximum Gasteiger partial charge on any atom is 0.373 e. The van der Waals surface area contributed by atoms with Crippen molar-refractivity contribution in [2.45, 2.75) is 16.2 Å². The van der Waals surface area contributed by atoms with E-state index in [1.165, 1.54) is 12.1 Å². The van der Waals surface area contributed by atoms with E-state index in [1.807, 2.05) is 0 Å². The summed E-state index contributed by atoms with van der Waals surface area (Å²) in [7, 11) is -16.9. The number of aryl methyl sites for hydroxylation is 1. The summed E-state index contributed by atoms with van der Waals surface area (Å²) in [6.07, 6.45) is 0. The van der Waals surface area contributed by atoms with Crippen LogP contribution in [0.15, 0.2) is 29.2 Å². The van der Waals surface area contributed by atoms with Gasteiger partial charge in [-0.15, -0.1) is 0 Å². The van der Waals surface area contributed by atoms with Crippen LogP contribution in [0.1, 0.15) is 5.56 Å². The summed E-state index contributed by atoms with van der Waals surface area (Å²) in [5, 5.41) is 0. The third-order valence-corrected chi connectivity index (χ3v) is 10.3. The minimum absolute atomic E-state index is 0.638. The van der Waals surface area contributed by atoms with Gasteiger partial charge in [0.15, 0.2) is 0 Å². The van der Waals surface area contributed by atoms with E-state index >= 15 is 0 Å². The van der Waals surface area contributed by atoms with Crippen molar-refractivity contribution >= 4 is 25.0 Å². The Morgan fingerprint density at radius 2 is 1.35 bits per heavy atom. The van der Waals surface area contributed by atoms with Crippen molar-refractivity contribution in [3.8, 4) is 0 Å². The SMILES string of the molecule is Cc1ccc(S(=O)(=O)C(N)(P(=O)(O)O)P(=O)(O)O)cc1. The molecule has 6 N–H and O–H groups in total. The largest absolute Gasteiger partial charge is 0.373 e. The first-order chi connectivity index (χ1) is 8.75. The van der Waals surface area contributed by atoms with Crippen LogP contribution in [0.2, 0.25) is 0 Å². The van der Waals surface area contributed by atoms with E-state index in [-0.39, 0.29) is 0 Å². The summed E-state index contributed by atoms with van der Waals surface area (Å²) in [6, 6.07) is 4.51. The Kier molecular flexibility index (Phi) is 4.38. The summed E-state index contributed by atoms with van der Waals surface area (Å²) in [4.78, 5) is 35.5. The van der Waals surface area contributed by atoms with Gasteiger partial charge in [0.2, 0.25) is 9.84 Å². The van der Waals surface area contributed by atoms with Crippen molar-refractivity contribution in [2.75, 3.05) is 0 Å². The molecule has 0 aliphatic carbocycles. The molecule has 0 amide bonds. The number of nitrogens with two attached hydrogens (primary N) is 1. The first-order valence-corrected chi connectivity index (χ1v) is 9.67. The molecule has 1 aromatic carbocycles. The second-order valence-corrected chi connectivity index (χ2v) is 10.7. The predicted molar refractivity (Wildman–Crippen MR) is 69.4 cm³/mol. The molecule has 0 fully saturated rings. The van der Waals surface area contributed by atoms with Gasteiger partial charge in [-0.2, -0.15) is 0 Å². The highest BCUT2D eigenvalue weighted by molar-refractivity contribution is 8.07. The molecule has 20 heavy (non-hydrogen) atoms. The number of sulfone groups is 1. The molecule has 0 radical (unpaired) electrons. The molecule has 0 unspecified atom stereocenters. The Bertz CT molecular complexity index is 678. The van der Waals surface area contributed by atoms with Crippen molar-refractivity contribution in [2.24, 2.45) is 5.73 Å². The van der Waals surface area contributed by atoms with Crippen molar-refractivity contribution < 1.29 is 37.1 Å². The molecule has 0 atom stereocenters. The average molecular weight is 345 g/mol. The normalized spacial score (nSPS) is 14.3. The maximum atomic E-state index is 12.1. The Hall–Kier alpha value is -0.570. The van der Waals surface area contributed by atoms with Crippen LogP contribution in [0.4, 0.5) is 0 Å².